The molecule has 0 radical (unpaired) electrons. The first-order valence-corrected chi connectivity index (χ1v) is 11.0. The molecular formula is C14H20F2N2O8S2. The van der Waals surface area contributed by atoms with Gasteiger partial charge in [-0.1, -0.05) is 19.9 Å². The summed E-state index contributed by atoms with van der Waals surface area (Å²) in [5.41, 5.74) is 0. The lowest BCUT2D eigenvalue weighted by atomic mass is 10.2. The number of carbonyl (C=O) groups excluding carboxylic acids is 4. The van der Waals surface area contributed by atoms with Crippen molar-refractivity contribution in [1.82, 2.24) is 9.80 Å². The molecule has 0 aliphatic carbocycles. The first-order chi connectivity index (χ1) is 12.8. The van der Waals surface area contributed by atoms with Crippen molar-refractivity contribution in [3.05, 3.63) is 24.3 Å². The van der Waals surface area contributed by atoms with Crippen LogP contribution in [-0.2, 0) is 19.2 Å². The van der Waals surface area contributed by atoms with E-state index in [1.807, 2.05) is 0 Å². The number of nitrogens with zero attached hydrogens (tertiary/aromatic N) is 2. The van der Waals surface area contributed by atoms with Crippen LogP contribution in [0.25, 0.3) is 0 Å². The predicted octanol–water partition coefficient (Wildman–Crippen LogP) is 1.87. The molecule has 0 aromatic rings. The molecule has 0 bridgehead atoms. The van der Waals surface area contributed by atoms with Gasteiger partial charge in [-0.3, -0.25) is 47.2 Å². The highest BCUT2D eigenvalue weighted by Gasteiger charge is 2.25. The molecular weight excluding hydrogens is 426 g/mol. The second-order valence-corrected chi connectivity index (χ2v) is 8.73. The number of imide groups is 2. The topological polar surface area (TPSA) is 156 Å². The van der Waals surface area contributed by atoms with Crippen LogP contribution in [0, 0.1) is 0 Å². The van der Waals surface area contributed by atoms with Crippen molar-refractivity contribution in [2.75, 3.05) is 24.6 Å². The van der Waals surface area contributed by atoms with Gasteiger partial charge in [0.2, 0.25) is 11.8 Å². The quantitative estimate of drug-likeness (QED) is 0.451. The van der Waals surface area contributed by atoms with Gasteiger partial charge in [-0.05, 0) is 22.0 Å². The lowest BCUT2D eigenvalue weighted by Crippen LogP contribution is -2.40. The lowest BCUT2D eigenvalue weighted by Gasteiger charge is -2.26. The molecule has 0 aromatic carbocycles. The fourth-order valence-corrected chi connectivity index (χ4v) is 2.88. The fraction of sp³-hybridized carbons (Fsp3) is 0.429. The van der Waals surface area contributed by atoms with Crippen LogP contribution in [0.2, 0.25) is 0 Å². The molecule has 0 atom stereocenters. The Morgan fingerprint density at radius 2 is 1.11 bits per heavy atom. The Balaban J connectivity index is 2.99. The van der Waals surface area contributed by atoms with Crippen LogP contribution in [-0.4, -0.2) is 76.2 Å². The summed E-state index contributed by atoms with van der Waals surface area (Å²) in [5.74, 6) is -5.37. The standard InChI is InChI=1S/C14H20F2N2O8S2/c15-27(23,24)9-7-17-11(19)3-1-4-12(20)18(8-10-28(16,25)26)14(22)6-2-5-13(17)21/h1-3,5,23-26H,4,6-10H2/b3-1+,5-2+. The minimum absolute atomic E-state index is 0.493. The maximum Gasteiger partial charge on any atom is 0.253 e. The van der Waals surface area contributed by atoms with E-state index in [4.69, 9.17) is 18.2 Å². The van der Waals surface area contributed by atoms with Gasteiger partial charge >= 0.3 is 0 Å². The zero-order chi connectivity index (χ0) is 21.5. The van der Waals surface area contributed by atoms with E-state index in [0.29, 0.717) is 9.80 Å². The number of rotatable bonds is 6. The maximum absolute atomic E-state index is 12.9. The molecule has 10 nitrogen and oxygen atoms in total. The Kier molecular flexibility index (Phi) is 8.72. The van der Waals surface area contributed by atoms with Crippen LogP contribution in [0.1, 0.15) is 12.8 Å². The van der Waals surface area contributed by atoms with Gasteiger partial charge in [0.05, 0.1) is 11.5 Å². The summed E-state index contributed by atoms with van der Waals surface area (Å²) >= 11 is 0. The molecule has 0 saturated heterocycles. The van der Waals surface area contributed by atoms with Crippen LogP contribution >= 0.6 is 22.0 Å². The van der Waals surface area contributed by atoms with Crippen molar-refractivity contribution in [3.8, 4) is 0 Å². The molecule has 0 saturated carbocycles. The summed E-state index contributed by atoms with van der Waals surface area (Å²) in [7, 11) is -8.87. The van der Waals surface area contributed by atoms with E-state index in [-0.39, 0.29) is 0 Å². The Labute approximate surface area is 162 Å². The van der Waals surface area contributed by atoms with E-state index in [1.165, 1.54) is 0 Å². The smallest absolute Gasteiger partial charge is 0.253 e. The second kappa shape index (κ2) is 10.1. The molecule has 4 amide bonds. The highest BCUT2D eigenvalue weighted by atomic mass is 32.3. The zero-order valence-corrected chi connectivity index (χ0v) is 16.1. The van der Waals surface area contributed by atoms with Gasteiger partial charge < -0.3 is 0 Å². The number of carbonyl (C=O) groups is 4. The molecule has 28 heavy (non-hydrogen) atoms. The van der Waals surface area contributed by atoms with Gasteiger partial charge in [-0.15, -0.1) is 0 Å². The first-order valence-electron chi connectivity index (χ1n) is 7.73. The van der Waals surface area contributed by atoms with Crippen molar-refractivity contribution in [3.63, 3.8) is 0 Å². The molecule has 4 N–H and O–H groups in total. The van der Waals surface area contributed by atoms with Crippen LogP contribution in [0.4, 0.5) is 7.77 Å². The molecule has 0 fully saturated rings. The van der Waals surface area contributed by atoms with Crippen molar-refractivity contribution in [2.45, 2.75) is 12.8 Å². The van der Waals surface area contributed by atoms with Crippen LogP contribution in [0.5, 0.6) is 0 Å². The third kappa shape index (κ3) is 8.90. The maximum atomic E-state index is 12.9. The van der Waals surface area contributed by atoms with Crippen molar-refractivity contribution < 1.29 is 45.2 Å². The molecule has 160 valence electrons. The average molecular weight is 446 g/mol. The van der Waals surface area contributed by atoms with Crippen LogP contribution in [0.3, 0.4) is 0 Å². The third-order valence-electron chi connectivity index (χ3n) is 3.39. The van der Waals surface area contributed by atoms with Gasteiger partial charge in [0.25, 0.3) is 11.8 Å². The summed E-state index contributed by atoms with van der Waals surface area (Å²) in [4.78, 5) is 49.5. The minimum atomic E-state index is -4.44. The fourth-order valence-electron chi connectivity index (χ4n) is 2.05. The summed E-state index contributed by atoms with van der Waals surface area (Å²) in [6, 6.07) is 0. The second-order valence-electron chi connectivity index (χ2n) is 5.56. The monoisotopic (exact) mass is 446 g/mol. The van der Waals surface area contributed by atoms with E-state index in [1.54, 1.807) is 0 Å². The van der Waals surface area contributed by atoms with Crippen molar-refractivity contribution in [2.24, 2.45) is 0 Å². The highest BCUT2D eigenvalue weighted by molar-refractivity contribution is 8.20. The Morgan fingerprint density at radius 1 is 0.750 bits per heavy atom. The van der Waals surface area contributed by atoms with Crippen LogP contribution in [0.15, 0.2) is 24.3 Å². The van der Waals surface area contributed by atoms with Crippen LogP contribution < -0.4 is 0 Å². The molecule has 14 heteroatoms. The molecule has 0 aromatic heterocycles. The van der Waals surface area contributed by atoms with E-state index < -0.39 is 83.0 Å². The normalized spacial score (nSPS) is 21.2. The molecule has 1 aliphatic heterocycles. The van der Waals surface area contributed by atoms with E-state index in [0.717, 1.165) is 24.3 Å². The van der Waals surface area contributed by atoms with E-state index >= 15 is 0 Å². The first kappa shape index (κ1) is 24.2. The van der Waals surface area contributed by atoms with Gasteiger partial charge in [0.15, 0.2) is 0 Å². The molecule has 1 aliphatic rings. The van der Waals surface area contributed by atoms with Gasteiger partial charge in [0.1, 0.15) is 0 Å². The SMILES string of the molecule is O=C1/C=C/CC(=O)N(CCS(O)(O)F)C(=O)C/C=C/C(=O)N1CCS(O)(O)F. The Hall–Kier alpha value is -1.84. The minimum Gasteiger partial charge on any atom is -0.280 e. The summed E-state index contributed by atoms with van der Waals surface area (Å²) in [5, 5.41) is 0. The Morgan fingerprint density at radius 3 is 1.46 bits per heavy atom. The van der Waals surface area contributed by atoms with Gasteiger partial charge in [-0.25, -0.2) is 0 Å². The summed E-state index contributed by atoms with van der Waals surface area (Å²) in [6.07, 6.45) is 2.65. The van der Waals surface area contributed by atoms with E-state index in [9.17, 15) is 26.9 Å². The highest BCUT2D eigenvalue weighted by Crippen LogP contribution is 2.40. The number of halogens is 2. The van der Waals surface area contributed by atoms with Crippen molar-refractivity contribution >= 4 is 45.6 Å². The number of amides is 4. The van der Waals surface area contributed by atoms with Gasteiger partial charge in [0, 0.05) is 38.1 Å². The largest absolute Gasteiger partial charge is 0.280 e. The average Bonchev–Trinajstić information content (AvgIpc) is 2.52. The number of hydrogen-bond acceptors (Lipinski definition) is 8. The summed E-state index contributed by atoms with van der Waals surface area (Å²) < 4.78 is 60.9. The van der Waals surface area contributed by atoms with E-state index in [2.05, 4.69) is 0 Å². The number of hydrogen-bond donors (Lipinski definition) is 4. The molecule has 1 heterocycles. The molecule has 1 rings (SSSR count). The summed E-state index contributed by atoms with van der Waals surface area (Å²) in [6.45, 7) is -1.26. The molecule has 0 unspecified atom stereocenters. The Bertz CT molecular complexity index is 648. The zero-order valence-electron chi connectivity index (χ0n) is 14.4. The lowest BCUT2D eigenvalue weighted by molar-refractivity contribution is -0.143. The molecule has 0 spiro atoms. The predicted molar refractivity (Wildman–Crippen MR) is 98.6 cm³/mol. The third-order valence-corrected chi connectivity index (χ3v) is 4.79. The van der Waals surface area contributed by atoms with Crippen molar-refractivity contribution in [1.29, 1.82) is 0 Å². The van der Waals surface area contributed by atoms with Gasteiger partial charge in [-0.2, -0.15) is 0 Å².